The molecule has 0 spiro atoms. The lowest BCUT2D eigenvalue weighted by molar-refractivity contribution is 0.255. The van der Waals surface area contributed by atoms with Crippen LogP contribution in [0.25, 0.3) is 0 Å². The van der Waals surface area contributed by atoms with Crippen molar-refractivity contribution in [3.8, 4) is 11.5 Å². The van der Waals surface area contributed by atoms with E-state index in [9.17, 15) is 0 Å². The summed E-state index contributed by atoms with van der Waals surface area (Å²) in [4.78, 5) is 0. The van der Waals surface area contributed by atoms with Gasteiger partial charge in [-0.2, -0.15) is 0 Å². The molecule has 0 radical (unpaired) electrons. The standard InChI is InChI=1S/C24H28N2O2/c25-14-16-26-15-13-20-11-12-23(27-18-21-7-3-1-4-8-21)24(17-20)28-19-22-9-5-2-6-10-22/h1-12,17,26H,13-16,18-19,25H2. The monoisotopic (exact) mass is 376 g/mol. The molecule has 3 N–H and O–H groups in total. The quantitative estimate of drug-likeness (QED) is 0.498. The van der Waals surface area contributed by atoms with E-state index >= 15 is 0 Å². The third-order valence-electron chi connectivity index (χ3n) is 4.39. The maximum atomic E-state index is 6.11. The van der Waals surface area contributed by atoms with Crippen LogP contribution in [0.4, 0.5) is 0 Å². The molecule has 0 aliphatic carbocycles. The van der Waals surface area contributed by atoms with E-state index in [2.05, 4.69) is 41.7 Å². The molecule has 0 amide bonds. The van der Waals surface area contributed by atoms with Crippen molar-refractivity contribution >= 4 is 0 Å². The van der Waals surface area contributed by atoms with E-state index in [-0.39, 0.29) is 0 Å². The van der Waals surface area contributed by atoms with Crippen LogP contribution in [0.2, 0.25) is 0 Å². The van der Waals surface area contributed by atoms with Crippen molar-refractivity contribution in [1.82, 2.24) is 5.32 Å². The van der Waals surface area contributed by atoms with Crippen LogP contribution in [0, 0.1) is 0 Å². The van der Waals surface area contributed by atoms with Crippen LogP contribution in [0.1, 0.15) is 16.7 Å². The summed E-state index contributed by atoms with van der Waals surface area (Å²) in [6, 6.07) is 26.5. The Balaban J connectivity index is 1.68. The van der Waals surface area contributed by atoms with Crippen LogP contribution < -0.4 is 20.5 Å². The molecule has 146 valence electrons. The number of ether oxygens (including phenoxy) is 2. The van der Waals surface area contributed by atoms with E-state index in [4.69, 9.17) is 15.2 Å². The van der Waals surface area contributed by atoms with E-state index < -0.39 is 0 Å². The van der Waals surface area contributed by atoms with Gasteiger partial charge in [0.05, 0.1) is 0 Å². The van der Waals surface area contributed by atoms with Crippen LogP contribution in [-0.4, -0.2) is 19.6 Å². The molecular formula is C24H28N2O2. The van der Waals surface area contributed by atoms with Crippen molar-refractivity contribution < 1.29 is 9.47 Å². The molecule has 28 heavy (non-hydrogen) atoms. The van der Waals surface area contributed by atoms with Gasteiger partial charge in [-0.05, 0) is 41.8 Å². The van der Waals surface area contributed by atoms with E-state index in [1.54, 1.807) is 0 Å². The minimum atomic E-state index is 0.511. The molecule has 0 unspecified atom stereocenters. The largest absolute Gasteiger partial charge is 0.485 e. The Morgan fingerprint density at radius 3 is 1.86 bits per heavy atom. The van der Waals surface area contributed by atoms with Gasteiger partial charge in [-0.25, -0.2) is 0 Å². The topological polar surface area (TPSA) is 56.5 Å². The molecule has 0 saturated heterocycles. The average molecular weight is 377 g/mol. The molecule has 3 rings (SSSR count). The maximum absolute atomic E-state index is 6.11. The Bertz CT molecular complexity index is 823. The van der Waals surface area contributed by atoms with Crippen LogP contribution in [0.5, 0.6) is 11.5 Å². The highest BCUT2D eigenvalue weighted by Crippen LogP contribution is 2.30. The molecule has 3 aromatic carbocycles. The summed E-state index contributed by atoms with van der Waals surface area (Å²) in [5.41, 5.74) is 9.00. The van der Waals surface area contributed by atoms with Crippen molar-refractivity contribution in [3.63, 3.8) is 0 Å². The summed E-state index contributed by atoms with van der Waals surface area (Å²) < 4.78 is 12.2. The van der Waals surface area contributed by atoms with Crippen molar-refractivity contribution in [2.75, 3.05) is 19.6 Å². The Morgan fingerprint density at radius 2 is 1.25 bits per heavy atom. The molecule has 0 aliphatic heterocycles. The van der Waals surface area contributed by atoms with Gasteiger partial charge < -0.3 is 20.5 Å². The summed E-state index contributed by atoms with van der Waals surface area (Å²) in [5.74, 6) is 1.54. The molecule has 0 saturated carbocycles. The normalized spacial score (nSPS) is 10.6. The van der Waals surface area contributed by atoms with Crippen LogP contribution in [-0.2, 0) is 19.6 Å². The fourth-order valence-corrected chi connectivity index (χ4v) is 2.87. The van der Waals surface area contributed by atoms with E-state index in [0.717, 1.165) is 42.1 Å². The Kier molecular flexibility index (Phi) is 7.91. The minimum Gasteiger partial charge on any atom is -0.485 e. The first-order valence-corrected chi connectivity index (χ1v) is 9.72. The first-order chi connectivity index (χ1) is 13.8. The van der Waals surface area contributed by atoms with E-state index in [1.165, 1.54) is 5.56 Å². The molecule has 0 atom stereocenters. The Labute approximate surface area is 167 Å². The Hall–Kier alpha value is -2.82. The number of hydrogen-bond acceptors (Lipinski definition) is 4. The smallest absolute Gasteiger partial charge is 0.161 e. The SMILES string of the molecule is NCCNCCc1ccc(OCc2ccccc2)c(OCc2ccccc2)c1. The third kappa shape index (κ3) is 6.41. The first-order valence-electron chi connectivity index (χ1n) is 9.72. The van der Waals surface area contributed by atoms with Gasteiger partial charge in [-0.3, -0.25) is 0 Å². The fourth-order valence-electron chi connectivity index (χ4n) is 2.87. The zero-order valence-corrected chi connectivity index (χ0v) is 16.1. The zero-order chi connectivity index (χ0) is 19.4. The second-order valence-electron chi connectivity index (χ2n) is 6.62. The van der Waals surface area contributed by atoms with Gasteiger partial charge in [-0.15, -0.1) is 0 Å². The predicted molar refractivity (Wildman–Crippen MR) is 114 cm³/mol. The van der Waals surface area contributed by atoms with Crippen molar-refractivity contribution in [2.45, 2.75) is 19.6 Å². The number of nitrogens with one attached hydrogen (secondary N) is 1. The molecule has 0 fully saturated rings. The minimum absolute atomic E-state index is 0.511. The average Bonchev–Trinajstić information content (AvgIpc) is 2.76. The molecular weight excluding hydrogens is 348 g/mol. The molecule has 4 nitrogen and oxygen atoms in total. The molecule has 4 heteroatoms. The lowest BCUT2D eigenvalue weighted by Crippen LogP contribution is -2.24. The lowest BCUT2D eigenvalue weighted by atomic mass is 10.1. The number of rotatable bonds is 11. The van der Waals surface area contributed by atoms with E-state index in [0.29, 0.717) is 19.8 Å². The highest BCUT2D eigenvalue weighted by molar-refractivity contribution is 5.43. The summed E-state index contributed by atoms with van der Waals surface area (Å²) in [7, 11) is 0. The number of nitrogens with two attached hydrogens (primary N) is 1. The number of hydrogen-bond donors (Lipinski definition) is 2. The second-order valence-corrected chi connectivity index (χ2v) is 6.62. The highest BCUT2D eigenvalue weighted by atomic mass is 16.5. The van der Waals surface area contributed by atoms with Gasteiger partial charge in [0.25, 0.3) is 0 Å². The maximum Gasteiger partial charge on any atom is 0.161 e. The van der Waals surface area contributed by atoms with Crippen LogP contribution in [0.3, 0.4) is 0 Å². The van der Waals surface area contributed by atoms with Gasteiger partial charge in [0.15, 0.2) is 11.5 Å². The van der Waals surface area contributed by atoms with Gasteiger partial charge in [-0.1, -0.05) is 66.7 Å². The van der Waals surface area contributed by atoms with Crippen molar-refractivity contribution in [2.24, 2.45) is 5.73 Å². The van der Waals surface area contributed by atoms with Gasteiger partial charge in [0.2, 0.25) is 0 Å². The van der Waals surface area contributed by atoms with Crippen LogP contribution >= 0.6 is 0 Å². The molecule has 0 bridgehead atoms. The fraction of sp³-hybridized carbons (Fsp3) is 0.250. The predicted octanol–water partition coefficient (Wildman–Crippen LogP) is 3.94. The lowest BCUT2D eigenvalue weighted by Gasteiger charge is -2.15. The second kappa shape index (κ2) is 11.1. The van der Waals surface area contributed by atoms with Gasteiger partial charge in [0.1, 0.15) is 13.2 Å². The third-order valence-corrected chi connectivity index (χ3v) is 4.39. The number of benzene rings is 3. The van der Waals surface area contributed by atoms with Gasteiger partial charge in [0, 0.05) is 13.1 Å². The summed E-state index contributed by atoms with van der Waals surface area (Å²) in [5, 5.41) is 3.33. The van der Waals surface area contributed by atoms with Crippen LogP contribution in [0.15, 0.2) is 78.9 Å². The van der Waals surface area contributed by atoms with Gasteiger partial charge >= 0.3 is 0 Å². The zero-order valence-electron chi connectivity index (χ0n) is 16.1. The summed E-state index contributed by atoms with van der Waals surface area (Å²) in [6.07, 6.45) is 0.917. The van der Waals surface area contributed by atoms with E-state index in [1.807, 2.05) is 42.5 Å². The molecule has 0 heterocycles. The Morgan fingerprint density at radius 1 is 0.643 bits per heavy atom. The highest BCUT2D eigenvalue weighted by Gasteiger charge is 2.08. The summed E-state index contributed by atoms with van der Waals surface area (Å²) in [6.45, 7) is 3.39. The van der Waals surface area contributed by atoms with Crippen molar-refractivity contribution in [3.05, 3.63) is 95.6 Å². The van der Waals surface area contributed by atoms with Crippen molar-refractivity contribution in [1.29, 1.82) is 0 Å². The summed E-state index contributed by atoms with van der Waals surface area (Å²) >= 11 is 0. The molecule has 3 aromatic rings. The molecule has 0 aliphatic rings. The first kappa shape index (κ1) is 19.9. The molecule has 0 aromatic heterocycles.